The van der Waals surface area contributed by atoms with Gasteiger partial charge in [-0.3, -0.25) is 14.2 Å². The van der Waals surface area contributed by atoms with Gasteiger partial charge in [0, 0.05) is 48.4 Å². The van der Waals surface area contributed by atoms with E-state index in [1.54, 1.807) is 0 Å². The molecule has 1 aliphatic carbocycles. The summed E-state index contributed by atoms with van der Waals surface area (Å²) in [7, 11) is -2.02. The summed E-state index contributed by atoms with van der Waals surface area (Å²) in [4.78, 5) is 23.9. The number of nitrogens with one attached hydrogen (secondary N) is 4. The van der Waals surface area contributed by atoms with Crippen molar-refractivity contribution in [3.05, 3.63) is 53.7 Å². The lowest BCUT2D eigenvalue weighted by molar-refractivity contribution is 0.0916. The number of amides is 1. The van der Waals surface area contributed by atoms with Gasteiger partial charge < -0.3 is 15.6 Å². The van der Waals surface area contributed by atoms with E-state index < -0.39 is 33.4 Å². The maximum atomic E-state index is 14.7. The van der Waals surface area contributed by atoms with Crippen molar-refractivity contribution in [3.63, 3.8) is 0 Å². The van der Waals surface area contributed by atoms with Crippen molar-refractivity contribution in [2.24, 2.45) is 7.05 Å². The first kappa shape index (κ1) is 26.5. The lowest BCUT2D eigenvalue weighted by Gasteiger charge is -2.30. The molecular formula is C24H25F3N8O3S. The third-order valence-electron chi connectivity index (χ3n) is 6.44. The van der Waals surface area contributed by atoms with Crippen LogP contribution in [0.3, 0.4) is 0 Å². The minimum Gasteiger partial charge on any atom is -0.365 e. The van der Waals surface area contributed by atoms with E-state index in [2.05, 4.69) is 35.4 Å². The number of anilines is 2. The molecule has 0 radical (unpaired) electrons. The number of aromatic nitrogens is 5. The topological polar surface area (TPSA) is 147 Å². The molecule has 1 amide bonds. The summed E-state index contributed by atoms with van der Waals surface area (Å²) >= 11 is 0. The Bertz CT molecular complexity index is 1670. The van der Waals surface area contributed by atoms with Crippen LogP contribution in [-0.2, 0) is 17.1 Å². The van der Waals surface area contributed by atoms with Crippen LogP contribution in [0.15, 0.2) is 30.6 Å². The number of rotatable bonds is 7. The van der Waals surface area contributed by atoms with E-state index in [0.29, 0.717) is 24.8 Å². The van der Waals surface area contributed by atoms with Crippen LogP contribution in [0, 0.1) is 17.5 Å². The van der Waals surface area contributed by atoms with Crippen molar-refractivity contribution in [1.82, 2.24) is 30.0 Å². The van der Waals surface area contributed by atoms with Crippen LogP contribution < -0.4 is 15.4 Å². The predicted octanol–water partition coefficient (Wildman–Crippen LogP) is 3.30. The number of nitrogens with zero attached hydrogens (tertiary/aromatic N) is 4. The molecule has 4 N–H and O–H groups in total. The van der Waals surface area contributed by atoms with Gasteiger partial charge in [-0.2, -0.15) is 5.10 Å². The Labute approximate surface area is 221 Å². The molecule has 3 aromatic heterocycles. The number of halogens is 3. The van der Waals surface area contributed by atoms with E-state index in [4.69, 9.17) is 0 Å². The zero-order chi connectivity index (χ0) is 27.9. The summed E-state index contributed by atoms with van der Waals surface area (Å²) in [6.45, 7) is 0. The molecule has 5 rings (SSSR count). The molecule has 0 saturated heterocycles. The first-order valence-electron chi connectivity index (χ1n) is 12.0. The molecule has 3 heterocycles. The molecule has 0 spiro atoms. The molecule has 0 bridgehead atoms. The van der Waals surface area contributed by atoms with Crippen LogP contribution in [0.2, 0.25) is 0 Å². The lowest BCUT2D eigenvalue weighted by atomic mass is 9.91. The Morgan fingerprint density at radius 2 is 1.90 bits per heavy atom. The van der Waals surface area contributed by atoms with Crippen molar-refractivity contribution in [2.75, 3.05) is 16.3 Å². The number of hydrogen-bond donors (Lipinski definition) is 4. The monoisotopic (exact) mass is 562 g/mol. The summed E-state index contributed by atoms with van der Waals surface area (Å²) in [5.74, 6) is -2.58. The Hall–Kier alpha value is -4.14. The molecule has 1 fully saturated rings. The van der Waals surface area contributed by atoms with Gasteiger partial charge in [0.1, 0.15) is 17.3 Å². The van der Waals surface area contributed by atoms with Gasteiger partial charge in [0.25, 0.3) is 5.91 Å². The minimum absolute atomic E-state index is 0.0315. The first-order chi connectivity index (χ1) is 18.5. The van der Waals surface area contributed by atoms with Crippen LogP contribution in [0.1, 0.15) is 36.2 Å². The Morgan fingerprint density at radius 1 is 1.13 bits per heavy atom. The van der Waals surface area contributed by atoms with E-state index in [1.807, 2.05) is 0 Å². The molecule has 1 aromatic carbocycles. The number of aryl methyl sites for hydroxylation is 1. The summed E-state index contributed by atoms with van der Waals surface area (Å²) in [6, 6.07) is 2.79. The zero-order valence-electron chi connectivity index (χ0n) is 20.9. The van der Waals surface area contributed by atoms with Crippen LogP contribution in [-0.4, -0.2) is 57.4 Å². The molecule has 1 aliphatic rings. The molecule has 1 saturated carbocycles. The van der Waals surface area contributed by atoms with E-state index >= 15 is 0 Å². The molecule has 11 nitrogen and oxygen atoms in total. The number of fused-ring (bicyclic) bond motifs is 1. The molecule has 39 heavy (non-hydrogen) atoms. The number of hydrogen-bond acceptors (Lipinski definition) is 7. The van der Waals surface area contributed by atoms with E-state index in [0.717, 1.165) is 31.0 Å². The minimum atomic E-state index is -3.55. The van der Waals surface area contributed by atoms with Crippen LogP contribution in [0.4, 0.5) is 24.8 Å². The average Bonchev–Trinajstić information content (AvgIpc) is 3.43. The van der Waals surface area contributed by atoms with Gasteiger partial charge in [-0.1, -0.05) is 0 Å². The summed E-state index contributed by atoms with van der Waals surface area (Å²) < 4.78 is 69.0. The highest BCUT2D eigenvalue weighted by atomic mass is 32.2. The van der Waals surface area contributed by atoms with Crippen LogP contribution in [0.5, 0.6) is 0 Å². The third kappa shape index (κ3) is 5.82. The number of sulfonamides is 1. The van der Waals surface area contributed by atoms with Crippen LogP contribution in [0.25, 0.3) is 22.3 Å². The number of carbonyl (C=O) groups excluding carboxylic acids is 1. The molecule has 4 aromatic rings. The smallest absolute Gasteiger partial charge is 0.269 e. The van der Waals surface area contributed by atoms with Gasteiger partial charge in [0.2, 0.25) is 10.0 Å². The molecule has 206 valence electrons. The maximum Gasteiger partial charge on any atom is 0.269 e. The summed E-state index contributed by atoms with van der Waals surface area (Å²) in [6.07, 6.45) is 6.02. The van der Waals surface area contributed by atoms with Gasteiger partial charge in [-0.05, 0) is 31.7 Å². The fourth-order valence-corrected chi connectivity index (χ4v) is 5.24. The second-order valence-electron chi connectivity index (χ2n) is 9.49. The lowest BCUT2D eigenvalue weighted by Crippen LogP contribution is -2.42. The highest BCUT2D eigenvalue weighted by Crippen LogP contribution is 2.30. The van der Waals surface area contributed by atoms with Gasteiger partial charge in [-0.25, -0.2) is 31.6 Å². The quantitative estimate of drug-likeness (QED) is 0.270. The van der Waals surface area contributed by atoms with Gasteiger partial charge in [0.05, 0.1) is 18.0 Å². The second kappa shape index (κ2) is 10.2. The zero-order valence-corrected chi connectivity index (χ0v) is 21.7. The standard InChI is InChI=1S/C24H25F3N8O3S/c1-35-19(9-20(33-35)34-39(2,37)38)24(36)31-14-5-3-4-13(8-14)30-23-18(27)11-29-22(32-23)16-10-28-21-15(16)6-12(25)7-17(21)26/h6-7,9-11,13-14,28H,3-5,8H2,1-2H3,(H,31,36)(H,33,34)(H,29,30,32)/t13-,14+/m0/s1. The number of aromatic amines is 1. The van der Waals surface area contributed by atoms with Crippen molar-refractivity contribution >= 4 is 38.5 Å². The number of H-pyrrole nitrogens is 1. The van der Waals surface area contributed by atoms with E-state index in [1.165, 1.54) is 24.0 Å². The maximum absolute atomic E-state index is 14.7. The van der Waals surface area contributed by atoms with E-state index in [-0.39, 0.29) is 46.1 Å². The van der Waals surface area contributed by atoms with Crippen LogP contribution >= 0.6 is 0 Å². The molecule has 15 heteroatoms. The third-order valence-corrected chi connectivity index (χ3v) is 7.02. The van der Waals surface area contributed by atoms with Gasteiger partial charge in [0.15, 0.2) is 23.3 Å². The molecule has 2 atom stereocenters. The summed E-state index contributed by atoms with van der Waals surface area (Å²) in [5.41, 5.74) is 0.586. The normalized spacial score (nSPS) is 17.8. The van der Waals surface area contributed by atoms with Gasteiger partial charge >= 0.3 is 0 Å². The fraction of sp³-hybridized carbons (Fsp3) is 0.333. The molecule has 0 unspecified atom stereocenters. The second-order valence-corrected chi connectivity index (χ2v) is 11.2. The van der Waals surface area contributed by atoms with Crippen molar-refractivity contribution in [1.29, 1.82) is 0 Å². The van der Waals surface area contributed by atoms with Crippen molar-refractivity contribution < 1.29 is 26.4 Å². The Kier molecular flexibility index (Phi) is 6.92. The molecule has 0 aliphatic heterocycles. The number of carbonyl (C=O) groups is 1. The van der Waals surface area contributed by atoms with Crippen molar-refractivity contribution in [3.8, 4) is 11.4 Å². The largest absolute Gasteiger partial charge is 0.365 e. The molecular weight excluding hydrogens is 537 g/mol. The Morgan fingerprint density at radius 3 is 2.67 bits per heavy atom. The predicted molar refractivity (Wildman–Crippen MR) is 138 cm³/mol. The van der Waals surface area contributed by atoms with Crippen molar-refractivity contribution in [2.45, 2.75) is 37.8 Å². The highest BCUT2D eigenvalue weighted by molar-refractivity contribution is 7.92. The SMILES string of the molecule is Cn1nc(NS(C)(=O)=O)cc1C(=O)N[C@@H]1CCC[C@H](Nc2nc(-c3c[nH]c4c(F)cc(F)cc34)ncc2F)C1. The van der Waals surface area contributed by atoms with Gasteiger partial charge in [-0.15, -0.1) is 0 Å². The van der Waals surface area contributed by atoms with E-state index in [9.17, 15) is 26.4 Å². The average molecular weight is 563 g/mol. The summed E-state index contributed by atoms with van der Waals surface area (Å²) in [5, 5.41) is 10.2. The number of benzene rings is 1. The fourth-order valence-electron chi connectivity index (χ4n) is 4.76. The Balaban J connectivity index is 1.29. The first-order valence-corrected chi connectivity index (χ1v) is 13.9. The highest BCUT2D eigenvalue weighted by Gasteiger charge is 2.26.